The number of rotatable bonds is 1. The van der Waals surface area contributed by atoms with Crippen LogP contribution in [0.1, 0.15) is 4.88 Å². The minimum atomic E-state index is 0.525. The van der Waals surface area contributed by atoms with Crippen LogP contribution in [-0.4, -0.2) is 0 Å². The van der Waals surface area contributed by atoms with E-state index in [1.54, 1.807) is 6.07 Å². The summed E-state index contributed by atoms with van der Waals surface area (Å²) in [4.78, 5) is 0.904. The molecule has 0 unspecified atom stereocenters. The van der Waals surface area contributed by atoms with Gasteiger partial charge in [0.2, 0.25) is 0 Å². The summed E-state index contributed by atoms with van der Waals surface area (Å²) in [6.07, 6.45) is 0. The van der Waals surface area contributed by atoms with Gasteiger partial charge < -0.3 is 0 Å². The van der Waals surface area contributed by atoms with Crippen molar-refractivity contribution in [2.45, 2.75) is 0 Å². The third kappa shape index (κ3) is 1.65. The maximum absolute atomic E-state index is 5.70. The van der Waals surface area contributed by atoms with Crippen molar-refractivity contribution in [3.8, 4) is 0 Å². The van der Waals surface area contributed by atoms with Crippen molar-refractivity contribution < 1.29 is 0 Å². The standard InChI is InChI=1S/C7H4Cl2S/c1-2-5(8)6-3-4-7(9)10-6/h3-4H,1H2. The molecule has 0 amide bonds. The van der Waals surface area contributed by atoms with E-state index in [4.69, 9.17) is 23.2 Å². The van der Waals surface area contributed by atoms with Crippen molar-refractivity contribution >= 4 is 39.6 Å². The average Bonchev–Trinajstić information content (AvgIpc) is 2.34. The summed E-state index contributed by atoms with van der Waals surface area (Å²) in [5.41, 5.74) is 2.58. The van der Waals surface area contributed by atoms with E-state index < -0.39 is 0 Å². The second-order valence-electron chi connectivity index (χ2n) is 1.59. The highest BCUT2D eigenvalue weighted by Crippen LogP contribution is 2.28. The highest BCUT2D eigenvalue weighted by Gasteiger charge is 1.99. The second kappa shape index (κ2) is 3.27. The molecule has 0 saturated carbocycles. The fourth-order valence-corrected chi connectivity index (χ4v) is 1.65. The summed E-state index contributed by atoms with van der Waals surface area (Å²) < 4.78 is 0.725. The molecule has 52 valence electrons. The fourth-order valence-electron chi connectivity index (χ4n) is 0.519. The predicted octanol–water partition coefficient (Wildman–Crippen LogP) is 3.77. The number of halogens is 2. The summed E-state index contributed by atoms with van der Waals surface area (Å²) in [5, 5.41) is 0.525. The summed E-state index contributed by atoms with van der Waals surface area (Å²) in [6, 6.07) is 3.63. The van der Waals surface area contributed by atoms with Gasteiger partial charge >= 0.3 is 0 Å². The van der Waals surface area contributed by atoms with Crippen LogP contribution in [0.15, 0.2) is 24.4 Å². The molecule has 10 heavy (non-hydrogen) atoms. The van der Waals surface area contributed by atoms with Crippen LogP contribution < -0.4 is 0 Å². The Kier molecular flexibility index (Phi) is 2.58. The molecule has 1 aromatic heterocycles. The molecule has 0 fully saturated rings. The SMILES string of the molecule is C=C=C(Cl)c1ccc(Cl)s1. The second-order valence-corrected chi connectivity index (χ2v) is 3.69. The van der Waals surface area contributed by atoms with Crippen LogP contribution in [0.2, 0.25) is 4.34 Å². The zero-order chi connectivity index (χ0) is 7.56. The molecular formula is C7H4Cl2S. The summed E-state index contributed by atoms with van der Waals surface area (Å²) in [7, 11) is 0. The molecule has 0 atom stereocenters. The van der Waals surface area contributed by atoms with Gasteiger partial charge in [0.25, 0.3) is 0 Å². The van der Waals surface area contributed by atoms with Crippen LogP contribution in [0.4, 0.5) is 0 Å². The minimum absolute atomic E-state index is 0.525. The first-order chi connectivity index (χ1) is 4.74. The maximum atomic E-state index is 5.70. The number of hydrogen-bond donors (Lipinski definition) is 0. The van der Waals surface area contributed by atoms with E-state index in [0.29, 0.717) is 5.03 Å². The lowest BCUT2D eigenvalue weighted by Gasteiger charge is -1.84. The Bertz CT molecular complexity index is 282. The Labute approximate surface area is 73.4 Å². The fraction of sp³-hybridized carbons (Fsp3) is 0. The Balaban J connectivity index is 3.07. The molecule has 0 aliphatic heterocycles. The van der Waals surface area contributed by atoms with Gasteiger partial charge in [-0.2, -0.15) is 0 Å². The van der Waals surface area contributed by atoms with Crippen LogP contribution in [0.3, 0.4) is 0 Å². The lowest BCUT2D eigenvalue weighted by atomic mass is 10.4. The third-order valence-corrected chi connectivity index (χ3v) is 2.64. The van der Waals surface area contributed by atoms with Gasteiger partial charge in [-0.1, -0.05) is 29.8 Å². The molecule has 0 aromatic carbocycles. The van der Waals surface area contributed by atoms with Crippen molar-refractivity contribution in [1.82, 2.24) is 0 Å². The first kappa shape index (κ1) is 7.90. The molecule has 0 spiro atoms. The van der Waals surface area contributed by atoms with E-state index in [-0.39, 0.29) is 0 Å². The largest absolute Gasteiger partial charge is 0.122 e. The van der Waals surface area contributed by atoms with E-state index in [1.807, 2.05) is 6.07 Å². The zero-order valence-corrected chi connectivity index (χ0v) is 7.35. The van der Waals surface area contributed by atoms with Gasteiger partial charge in [0.1, 0.15) is 0 Å². The maximum Gasteiger partial charge on any atom is 0.0991 e. The highest BCUT2D eigenvalue weighted by molar-refractivity contribution is 7.17. The van der Waals surface area contributed by atoms with Crippen LogP contribution in [-0.2, 0) is 0 Å². The normalized spacial score (nSPS) is 9.00. The van der Waals surface area contributed by atoms with Gasteiger partial charge in [0, 0.05) is 0 Å². The van der Waals surface area contributed by atoms with Crippen LogP contribution >= 0.6 is 34.5 Å². The molecule has 1 aromatic rings. The topological polar surface area (TPSA) is 0 Å². The molecular weight excluding hydrogens is 187 g/mol. The van der Waals surface area contributed by atoms with Gasteiger partial charge in [-0.25, -0.2) is 0 Å². The molecule has 0 radical (unpaired) electrons. The Morgan fingerprint density at radius 2 is 2.30 bits per heavy atom. The Hall–Kier alpha value is -0.200. The van der Waals surface area contributed by atoms with E-state index in [2.05, 4.69) is 12.3 Å². The van der Waals surface area contributed by atoms with Crippen LogP contribution in [0.25, 0.3) is 5.03 Å². The summed E-state index contributed by atoms with van der Waals surface area (Å²) in [5.74, 6) is 0. The van der Waals surface area contributed by atoms with Crippen molar-refractivity contribution in [2.24, 2.45) is 0 Å². The Morgan fingerprint density at radius 1 is 1.60 bits per heavy atom. The van der Waals surface area contributed by atoms with Crippen molar-refractivity contribution in [1.29, 1.82) is 0 Å². The monoisotopic (exact) mass is 190 g/mol. The molecule has 3 heteroatoms. The van der Waals surface area contributed by atoms with E-state index in [1.165, 1.54) is 11.3 Å². The minimum Gasteiger partial charge on any atom is -0.122 e. The molecule has 1 rings (SSSR count). The van der Waals surface area contributed by atoms with Crippen LogP contribution in [0, 0.1) is 0 Å². The first-order valence-electron chi connectivity index (χ1n) is 2.55. The summed E-state index contributed by atoms with van der Waals surface area (Å²) in [6.45, 7) is 3.42. The molecule has 0 aliphatic rings. The number of thiophene rings is 1. The van der Waals surface area contributed by atoms with Crippen molar-refractivity contribution in [3.05, 3.63) is 33.7 Å². The van der Waals surface area contributed by atoms with Gasteiger partial charge in [-0.3, -0.25) is 0 Å². The molecule has 0 saturated heterocycles. The first-order valence-corrected chi connectivity index (χ1v) is 4.12. The van der Waals surface area contributed by atoms with Gasteiger partial charge in [0.05, 0.1) is 14.2 Å². The third-order valence-electron chi connectivity index (χ3n) is 0.945. The van der Waals surface area contributed by atoms with E-state index >= 15 is 0 Å². The average molecular weight is 191 g/mol. The lowest BCUT2D eigenvalue weighted by Crippen LogP contribution is -1.59. The quantitative estimate of drug-likeness (QED) is 0.592. The highest BCUT2D eigenvalue weighted by atomic mass is 35.5. The lowest BCUT2D eigenvalue weighted by molar-refractivity contribution is 1.94. The molecule has 0 nitrogen and oxygen atoms in total. The number of hydrogen-bond acceptors (Lipinski definition) is 1. The summed E-state index contributed by atoms with van der Waals surface area (Å²) >= 11 is 12.8. The van der Waals surface area contributed by atoms with E-state index in [9.17, 15) is 0 Å². The molecule has 0 N–H and O–H groups in total. The van der Waals surface area contributed by atoms with Gasteiger partial charge in [-0.05, 0) is 12.1 Å². The van der Waals surface area contributed by atoms with Crippen LogP contribution in [0.5, 0.6) is 0 Å². The molecule has 1 heterocycles. The predicted molar refractivity (Wildman–Crippen MR) is 47.7 cm³/mol. The van der Waals surface area contributed by atoms with Crippen molar-refractivity contribution in [2.75, 3.05) is 0 Å². The van der Waals surface area contributed by atoms with Gasteiger partial charge in [-0.15, -0.1) is 17.1 Å². The Morgan fingerprint density at radius 3 is 2.70 bits per heavy atom. The zero-order valence-electron chi connectivity index (χ0n) is 5.03. The molecule has 0 bridgehead atoms. The van der Waals surface area contributed by atoms with Gasteiger partial charge in [0.15, 0.2) is 0 Å². The van der Waals surface area contributed by atoms with E-state index in [0.717, 1.165) is 9.21 Å². The molecule has 0 aliphatic carbocycles. The van der Waals surface area contributed by atoms with Crippen molar-refractivity contribution in [3.63, 3.8) is 0 Å². The smallest absolute Gasteiger partial charge is 0.0991 e.